The Morgan fingerprint density at radius 3 is 2.73 bits per heavy atom. The van der Waals surface area contributed by atoms with Crippen LogP contribution < -0.4 is 5.32 Å². The lowest BCUT2D eigenvalue weighted by Crippen LogP contribution is -2.33. The zero-order valence-electron chi connectivity index (χ0n) is 8.95. The largest absolute Gasteiger partial charge is 0.454 e. The molecule has 0 unspecified atom stereocenters. The van der Waals surface area contributed by atoms with Crippen LogP contribution in [0.3, 0.4) is 0 Å². The van der Waals surface area contributed by atoms with Crippen molar-refractivity contribution in [2.24, 2.45) is 0 Å². The van der Waals surface area contributed by atoms with E-state index in [1.54, 1.807) is 0 Å². The quantitative estimate of drug-likeness (QED) is 0.471. The van der Waals surface area contributed by atoms with E-state index >= 15 is 0 Å². The van der Waals surface area contributed by atoms with Gasteiger partial charge in [-0.1, -0.05) is 43.2 Å². The summed E-state index contributed by atoms with van der Waals surface area (Å²) >= 11 is 6.52. The minimum Gasteiger partial charge on any atom is -0.454 e. The van der Waals surface area contributed by atoms with Gasteiger partial charge in [-0.2, -0.15) is 0 Å². The molecule has 1 saturated carbocycles. The molecule has 1 rings (SSSR count). The van der Waals surface area contributed by atoms with Gasteiger partial charge in [-0.25, -0.2) is 0 Å². The minimum atomic E-state index is -0.261. The van der Waals surface area contributed by atoms with Crippen LogP contribution in [0.4, 0.5) is 0 Å². The second kappa shape index (κ2) is 7.06. The van der Waals surface area contributed by atoms with Crippen molar-refractivity contribution >= 4 is 34.3 Å². The van der Waals surface area contributed by atoms with Crippen LogP contribution in [0.5, 0.6) is 0 Å². The molecule has 0 heterocycles. The van der Waals surface area contributed by atoms with E-state index in [9.17, 15) is 4.79 Å². The summed E-state index contributed by atoms with van der Waals surface area (Å²) < 4.78 is 5.54. The molecule has 1 aliphatic carbocycles. The second-order valence-corrected chi connectivity index (χ2v) is 5.26. The van der Waals surface area contributed by atoms with Crippen molar-refractivity contribution in [1.29, 1.82) is 0 Å². The van der Waals surface area contributed by atoms with Crippen LogP contribution in [0.1, 0.15) is 39.0 Å². The van der Waals surface area contributed by atoms with E-state index in [4.69, 9.17) is 17.0 Å². The zero-order chi connectivity index (χ0) is 11.1. The third-order valence-electron chi connectivity index (χ3n) is 2.38. The van der Waals surface area contributed by atoms with Crippen molar-refractivity contribution in [3.05, 3.63) is 0 Å². The number of thiocarbonyl (C=S) groups is 1. The predicted molar refractivity (Wildman–Crippen MR) is 66.8 cm³/mol. The number of hydrogen-bond acceptors (Lipinski definition) is 4. The fourth-order valence-corrected chi connectivity index (χ4v) is 2.51. The van der Waals surface area contributed by atoms with Gasteiger partial charge in [-0.3, -0.25) is 4.79 Å². The molecule has 5 heteroatoms. The molecule has 0 spiro atoms. The highest BCUT2D eigenvalue weighted by atomic mass is 32.2. The Hall–Kier alpha value is -0.290. The SMILES string of the molecule is CC(=O)OCSC(=S)NC1CCCCC1. The first-order chi connectivity index (χ1) is 7.18. The van der Waals surface area contributed by atoms with E-state index in [0.29, 0.717) is 12.0 Å². The first kappa shape index (κ1) is 12.8. The molecule has 0 aromatic rings. The molecular formula is C10H17NO2S2. The van der Waals surface area contributed by atoms with Gasteiger partial charge in [0.25, 0.3) is 0 Å². The van der Waals surface area contributed by atoms with Crippen molar-refractivity contribution in [3.8, 4) is 0 Å². The van der Waals surface area contributed by atoms with Crippen LogP contribution >= 0.6 is 24.0 Å². The van der Waals surface area contributed by atoms with E-state index in [-0.39, 0.29) is 5.97 Å². The zero-order valence-corrected chi connectivity index (χ0v) is 10.6. The van der Waals surface area contributed by atoms with Gasteiger partial charge in [-0.05, 0) is 12.8 Å². The standard InChI is InChI=1S/C10H17NO2S2/c1-8(12)13-7-15-10(14)11-9-5-3-2-4-6-9/h9H,2-7H2,1H3,(H,11,14). The van der Waals surface area contributed by atoms with Crippen LogP contribution in [-0.4, -0.2) is 22.3 Å². The van der Waals surface area contributed by atoms with E-state index < -0.39 is 0 Å². The number of esters is 1. The Morgan fingerprint density at radius 2 is 2.13 bits per heavy atom. The molecule has 0 bridgehead atoms. The van der Waals surface area contributed by atoms with Gasteiger partial charge in [0.15, 0.2) is 0 Å². The van der Waals surface area contributed by atoms with E-state index in [1.807, 2.05) is 0 Å². The first-order valence-corrected chi connectivity index (χ1v) is 6.64. The molecule has 0 aliphatic heterocycles. The predicted octanol–water partition coefficient (Wildman–Crippen LogP) is 2.45. The van der Waals surface area contributed by atoms with E-state index in [1.165, 1.54) is 50.8 Å². The van der Waals surface area contributed by atoms with Crippen molar-refractivity contribution in [3.63, 3.8) is 0 Å². The average molecular weight is 247 g/mol. The van der Waals surface area contributed by atoms with Gasteiger partial charge in [0.1, 0.15) is 10.3 Å². The summed E-state index contributed by atoms with van der Waals surface area (Å²) in [5, 5.41) is 3.30. The Bertz CT molecular complexity index is 227. The van der Waals surface area contributed by atoms with Crippen molar-refractivity contribution < 1.29 is 9.53 Å². The molecule has 86 valence electrons. The first-order valence-electron chi connectivity index (χ1n) is 5.25. The molecule has 0 aromatic heterocycles. The summed E-state index contributed by atoms with van der Waals surface area (Å²) in [5.41, 5.74) is 0. The van der Waals surface area contributed by atoms with Crippen molar-refractivity contribution in [2.45, 2.75) is 45.1 Å². The average Bonchev–Trinajstić information content (AvgIpc) is 2.18. The molecule has 0 radical (unpaired) electrons. The lowest BCUT2D eigenvalue weighted by atomic mass is 9.96. The summed E-state index contributed by atoms with van der Waals surface area (Å²) in [4.78, 5) is 10.5. The molecular weight excluding hydrogens is 230 g/mol. The molecule has 1 fully saturated rings. The molecule has 0 saturated heterocycles. The fourth-order valence-electron chi connectivity index (χ4n) is 1.62. The fraction of sp³-hybridized carbons (Fsp3) is 0.800. The molecule has 1 aliphatic rings. The summed E-state index contributed by atoms with van der Waals surface area (Å²) in [6, 6.07) is 0.524. The lowest BCUT2D eigenvalue weighted by Gasteiger charge is -2.23. The van der Waals surface area contributed by atoms with Crippen molar-refractivity contribution in [2.75, 3.05) is 5.94 Å². The number of ether oxygens (including phenoxy) is 1. The number of carbonyl (C=O) groups excluding carboxylic acids is 1. The maximum Gasteiger partial charge on any atom is 0.303 e. The van der Waals surface area contributed by atoms with Crippen LogP contribution in [-0.2, 0) is 9.53 Å². The highest BCUT2D eigenvalue weighted by Gasteiger charge is 2.14. The number of hydrogen-bond donors (Lipinski definition) is 1. The number of nitrogens with one attached hydrogen (secondary N) is 1. The van der Waals surface area contributed by atoms with Crippen LogP contribution in [0.15, 0.2) is 0 Å². The number of carbonyl (C=O) groups is 1. The van der Waals surface area contributed by atoms with Crippen molar-refractivity contribution in [1.82, 2.24) is 5.32 Å². The Labute approximate surface area is 100 Å². The summed E-state index contributed by atoms with van der Waals surface area (Å²) in [7, 11) is 0. The van der Waals surface area contributed by atoms with Gasteiger partial charge >= 0.3 is 5.97 Å². The maximum atomic E-state index is 10.5. The van der Waals surface area contributed by atoms with Crippen LogP contribution in [0.2, 0.25) is 0 Å². The number of thioether (sulfide) groups is 1. The minimum absolute atomic E-state index is 0.261. The second-order valence-electron chi connectivity index (χ2n) is 3.66. The normalized spacial score (nSPS) is 17.1. The molecule has 1 N–H and O–H groups in total. The third kappa shape index (κ3) is 5.99. The number of rotatable bonds is 3. The summed E-state index contributed by atoms with van der Waals surface area (Å²) in [5.74, 6) is 0.0522. The highest BCUT2D eigenvalue weighted by molar-refractivity contribution is 8.22. The summed E-state index contributed by atoms with van der Waals surface area (Å²) in [6.07, 6.45) is 6.32. The van der Waals surface area contributed by atoms with Gasteiger partial charge in [0.2, 0.25) is 0 Å². The lowest BCUT2D eigenvalue weighted by molar-refractivity contribution is -0.138. The molecule has 15 heavy (non-hydrogen) atoms. The Morgan fingerprint density at radius 1 is 1.47 bits per heavy atom. The van der Waals surface area contributed by atoms with Gasteiger partial charge in [0, 0.05) is 13.0 Å². The maximum absolute atomic E-state index is 10.5. The van der Waals surface area contributed by atoms with E-state index in [0.717, 1.165) is 4.32 Å². The molecule has 3 nitrogen and oxygen atoms in total. The van der Waals surface area contributed by atoms with Crippen LogP contribution in [0, 0.1) is 0 Å². The van der Waals surface area contributed by atoms with Gasteiger partial charge in [-0.15, -0.1) is 0 Å². The Balaban J connectivity index is 2.09. The van der Waals surface area contributed by atoms with Crippen LogP contribution in [0.25, 0.3) is 0 Å². The third-order valence-corrected chi connectivity index (χ3v) is 3.47. The molecule has 0 atom stereocenters. The topological polar surface area (TPSA) is 38.3 Å². The monoisotopic (exact) mass is 247 g/mol. The highest BCUT2D eigenvalue weighted by Crippen LogP contribution is 2.18. The van der Waals surface area contributed by atoms with Gasteiger partial charge < -0.3 is 10.1 Å². The van der Waals surface area contributed by atoms with E-state index in [2.05, 4.69) is 5.32 Å². The molecule has 0 amide bonds. The molecule has 0 aromatic carbocycles. The Kier molecular flexibility index (Phi) is 6.02. The smallest absolute Gasteiger partial charge is 0.303 e. The summed E-state index contributed by atoms with van der Waals surface area (Å²) in [6.45, 7) is 1.40. The van der Waals surface area contributed by atoms with Gasteiger partial charge in [0.05, 0.1) is 0 Å².